The van der Waals surface area contributed by atoms with Crippen molar-refractivity contribution < 1.29 is 19.4 Å². The predicted molar refractivity (Wildman–Crippen MR) is 82.3 cm³/mol. The molecule has 0 aliphatic carbocycles. The number of rotatable bonds is 4. The third-order valence-corrected chi connectivity index (χ3v) is 3.24. The Morgan fingerprint density at radius 1 is 0.917 bits per heavy atom. The standard InChI is InChI=1S/C15H9N3O6/c19-15-13(9-3-1-5-11(7-9)17(20)21)16-14(24-15)10-4-2-6-12(8-10)18(22)23/h1-8,19H. The van der Waals surface area contributed by atoms with Crippen molar-refractivity contribution >= 4 is 11.4 Å². The fourth-order valence-electron chi connectivity index (χ4n) is 2.14. The summed E-state index contributed by atoms with van der Waals surface area (Å²) in [6.07, 6.45) is 0. The van der Waals surface area contributed by atoms with E-state index in [0.717, 1.165) is 0 Å². The number of aromatic nitrogens is 1. The number of non-ortho nitro benzene ring substituents is 2. The van der Waals surface area contributed by atoms with E-state index < -0.39 is 15.8 Å². The quantitative estimate of drug-likeness (QED) is 0.572. The van der Waals surface area contributed by atoms with Crippen molar-refractivity contribution in [2.24, 2.45) is 0 Å². The fourth-order valence-corrected chi connectivity index (χ4v) is 2.14. The molecule has 0 aliphatic rings. The van der Waals surface area contributed by atoms with Gasteiger partial charge in [0.15, 0.2) is 5.69 Å². The van der Waals surface area contributed by atoms with E-state index in [1.165, 1.54) is 48.5 Å². The SMILES string of the molecule is O=[N+]([O-])c1cccc(-c2nc(-c3cccc([N+](=O)[O-])c3)c(O)o2)c1. The van der Waals surface area contributed by atoms with Gasteiger partial charge in [-0.05, 0) is 6.07 Å². The molecule has 3 rings (SSSR count). The minimum Gasteiger partial charge on any atom is -0.479 e. The minimum atomic E-state index is -0.567. The van der Waals surface area contributed by atoms with E-state index in [2.05, 4.69) is 4.98 Å². The van der Waals surface area contributed by atoms with Gasteiger partial charge in [0.1, 0.15) is 0 Å². The normalized spacial score (nSPS) is 10.5. The van der Waals surface area contributed by atoms with Gasteiger partial charge in [0.25, 0.3) is 11.4 Å². The van der Waals surface area contributed by atoms with Crippen molar-refractivity contribution in [3.05, 3.63) is 68.8 Å². The van der Waals surface area contributed by atoms with E-state index in [0.29, 0.717) is 11.1 Å². The van der Waals surface area contributed by atoms with Gasteiger partial charge in [0, 0.05) is 35.4 Å². The molecule has 0 radical (unpaired) electrons. The monoisotopic (exact) mass is 327 g/mol. The van der Waals surface area contributed by atoms with E-state index >= 15 is 0 Å². The van der Waals surface area contributed by atoms with Crippen LogP contribution < -0.4 is 0 Å². The van der Waals surface area contributed by atoms with Crippen molar-refractivity contribution in [1.29, 1.82) is 0 Å². The van der Waals surface area contributed by atoms with E-state index in [-0.39, 0.29) is 23.0 Å². The van der Waals surface area contributed by atoms with Crippen molar-refractivity contribution in [2.75, 3.05) is 0 Å². The van der Waals surface area contributed by atoms with Gasteiger partial charge in [0.05, 0.1) is 9.85 Å². The molecule has 0 unspecified atom stereocenters. The van der Waals surface area contributed by atoms with Crippen molar-refractivity contribution in [1.82, 2.24) is 4.98 Å². The molecular formula is C15H9N3O6. The minimum absolute atomic E-state index is 0.0141. The Labute approximate surface area is 134 Å². The van der Waals surface area contributed by atoms with Crippen LogP contribution in [0, 0.1) is 20.2 Å². The number of benzene rings is 2. The number of nitrogens with zero attached hydrogens (tertiary/aromatic N) is 3. The molecule has 0 bridgehead atoms. The van der Waals surface area contributed by atoms with E-state index in [4.69, 9.17) is 4.42 Å². The molecule has 3 aromatic rings. The Kier molecular flexibility index (Phi) is 3.66. The van der Waals surface area contributed by atoms with Crippen molar-refractivity contribution in [2.45, 2.75) is 0 Å². The summed E-state index contributed by atoms with van der Waals surface area (Å²) in [7, 11) is 0. The van der Waals surface area contributed by atoms with Gasteiger partial charge in [-0.15, -0.1) is 0 Å². The summed E-state index contributed by atoms with van der Waals surface area (Å²) in [6, 6.07) is 11.1. The average molecular weight is 327 g/mol. The lowest BCUT2D eigenvalue weighted by Gasteiger charge is -1.96. The van der Waals surface area contributed by atoms with Gasteiger partial charge in [-0.3, -0.25) is 20.2 Å². The maximum Gasteiger partial charge on any atom is 0.311 e. The molecule has 24 heavy (non-hydrogen) atoms. The second-order valence-electron chi connectivity index (χ2n) is 4.79. The number of nitro groups is 2. The van der Waals surface area contributed by atoms with Gasteiger partial charge in [0.2, 0.25) is 5.89 Å². The highest BCUT2D eigenvalue weighted by molar-refractivity contribution is 5.70. The number of oxazole rings is 1. The van der Waals surface area contributed by atoms with Crippen molar-refractivity contribution in [3.8, 4) is 28.7 Å². The maximum atomic E-state index is 10.8. The zero-order chi connectivity index (χ0) is 17.3. The van der Waals surface area contributed by atoms with Crippen LogP contribution in [0.3, 0.4) is 0 Å². The molecule has 1 aromatic heterocycles. The van der Waals surface area contributed by atoms with Gasteiger partial charge in [-0.1, -0.05) is 18.2 Å². The van der Waals surface area contributed by atoms with Crippen LogP contribution in [0.2, 0.25) is 0 Å². The second-order valence-corrected chi connectivity index (χ2v) is 4.79. The summed E-state index contributed by atoms with van der Waals surface area (Å²) in [6.45, 7) is 0. The molecule has 9 heteroatoms. The Bertz CT molecular complexity index is 950. The van der Waals surface area contributed by atoms with Crippen LogP contribution in [0.15, 0.2) is 52.9 Å². The molecule has 1 N–H and O–H groups in total. The maximum absolute atomic E-state index is 10.8. The molecule has 0 aliphatic heterocycles. The molecule has 120 valence electrons. The first-order chi connectivity index (χ1) is 11.5. The first-order valence-corrected chi connectivity index (χ1v) is 6.65. The van der Waals surface area contributed by atoms with E-state index in [1.807, 2.05) is 0 Å². The highest BCUT2D eigenvalue weighted by Gasteiger charge is 2.19. The molecule has 0 saturated heterocycles. The average Bonchev–Trinajstić information content (AvgIpc) is 2.97. The third-order valence-electron chi connectivity index (χ3n) is 3.24. The summed E-state index contributed by atoms with van der Waals surface area (Å²) in [5.74, 6) is -0.560. The van der Waals surface area contributed by atoms with Crippen molar-refractivity contribution in [3.63, 3.8) is 0 Å². The molecule has 0 spiro atoms. The highest BCUT2D eigenvalue weighted by Crippen LogP contribution is 2.35. The molecule has 9 nitrogen and oxygen atoms in total. The molecule has 0 fully saturated rings. The van der Waals surface area contributed by atoms with Gasteiger partial charge in [-0.25, -0.2) is 4.98 Å². The lowest BCUT2D eigenvalue weighted by molar-refractivity contribution is -0.385. The van der Waals surface area contributed by atoms with Crippen LogP contribution in [0.1, 0.15) is 0 Å². The Balaban J connectivity index is 2.05. The Hall–Kier alpha value is -3.75. The van der Waals surface area contributed by atoms with Crippen LogP contribution in [0.4, 0.5) is 11.4 Å². The molecule has 0 atom stereocenters. The Morgan fingerprint density at radius 3 is 2.04 bits per heavy atom. The smallest absolute Gasteiger partial charge is 0.311 e. The molecule has 0 amide bonds. The number of aromatic hydroxyl groups is 1. The van der Waals surface area contributed by atoms with Crippen LogP contribution in [0.5, 0.6) is 5.95 Å². The lowest BCUT2D eigenvalue weighted by atomic mass is 10.1. The van der Waals surface area contributed by atoms with Gasteiger partial charge in [-0.2, -0.15) is 0 Å². The summed E-state index contributed by atoms with van der Waals surface area (Å²) >= 11 is 0. The summed E-state index contributed by atoms with van der Waals surface area (Å²) in [5.41, 5.74) is 0.299. The summed E-state index contributed by atoms with van der Waals surface area (Å²) in [4.78, 5) is 24.6. The number of hydrogen-bond acceptors (Lipinski definition) is 7. The van der Waals surface area contributed by atoms with Gasteiger partial charge >= 0.3 is 5.95 Å². The second kappa shape index (κ2) is 5.80. The third kappa shape index (κ3) is 2.77. The number of nitro benzene ring substituents is 2. The molecular weight excluding hydrogens is 318 g/mol. The largest absolute Gasteiger partial charge is 0.479 e. The van der Waals surface area contributed by atoms with E-state index in [1.54, 1.807) is 0 Å². The number of hydrogen-bond donors (Lipinski definition) is 1. The van der Waals surface area contributed by atoms with Crippen LogP contribution in [-0.2, 0) is 0 Å². The predicted octanol–water partition coefficient (Wildman–Crippen LogP) is 3.53. The van der Waals surface area contributed by atoms with Gasteiger partial charge < -0.3 is 9.52 Å². The fraction of sp³-hybridized carbons (Fsp3) is 0. The molecule has 1 heterocycles. The highest BCUT2D eigenvalue weighted by atomic mass is 16.6. The lowest BCUT2D eigenvalue weighted by Crippen LogP contribution is -1.89. The zero-order valence-electron chi connectivity index (χ0n) is 11.9. The topological polar surface area (TPSA) is 133 Å². The summed E-state index contributed by atoms with van der Waals surface area (Å²) in [5, 5.41) is 31.6. The molecule has 0 saturated carbocycles. The van der Waals surface area contributed by atoms with Crippen LogP contribution in [0.25, 0.3) is 22.7 Å². The Morgan fingerprint density at radius 2 is 1.46 bits per heavy atom. The van der Waals surface area contributed by atoms with E-state index in [9.17, 15) is 25.3 Å². The van der Waals surface area contributed by atoms with Crippen LogP contribution >= 0.6 is 0 Å². The van der Waals surface area contributed by atoms with Crippen LogP contribution in [-0.4, -0.2) is 19.9 Å². The first-order valence-electron chi connectivity index (χ1n) is 6.65. The zero-order valence-corrected chi connectivity index (χ0v) is 11.9. The molecule has 2 aromatic carbocycles. The first kappa shape index (κ1) is 15.2. The summed E-state index contributed by atoms with van der Waals surface area (Å²) < 4.78 is 5.14.